The summed E-state index contributed by atoms with van der Waals surface area (Å²) in [5.74, 6) is -0.416. The van der Waals surface area contributed by atoms with Crippen LogP contribution < -0.4 is 0 Å². The largest absolute Gasteiger partial charge is 0.472 e. The minimum absolute atomic E-state index is 0.00681. The van der Waals surface area contributed by atoms with E-state index in [-0.39, 0.29) is 13.0 Å². The molecule has 0 aliphatic rings. The van der Waals surface area contributed by atoms with Crippen LogP contribution in [0.2, 0.25) is 0 Å². The van der Waals surface area contributed by atoms with E-state index in [1.165, 1.54) is 25.7 Å². The maximum atomic E-state index is 12.4. The van der Waals surface area contributed by atoms with Gasteiger partial charge in [-0.15, -0.1) is 0 Å². The molecule has 9 nitrogen and oxygen atoms in total. The zero-order valence-electron chi connectivity index (χ0n) is 27.8. The van der Waals surface area contributed by atoms with Crippen molar-refractivity contribution >= 4 is 13.8 Å². The van der Waals surface area contributed by atoms with Gasteiger partial charge in [0.1, 0.15) is 12.2 Å². The molecule has 0 spiro atoms. The minimum atomic E-state index is -4.52. The molecule has 0 saturated heterocycles. The fraction of sp³-hybridized carbons (Fsp3) is 0.686. The van der Waals surface area contributed by atoms with Gasteiger partial charge in [0.25, 0.3) is 0 Å². The molecule has 10 heteroatoms. The summed E-state index contributed by atoms with van der Waals surface area (Å²) in [6.07, 6.45) is 33.6. The average Bonchev–Trinajstić information content (AvgIpc) is 3.03. The van der Waals surface area contributed by atoms with Crippen LogP contribution in [0, 0.1) is 0 Å². The highest BCUT2D eigenvalue weighted by atomic mass is 31.2. The number of esters is 1. The van der Waals surface area contributed by atoms with E-state index in [0.29, 0.717) is 19.4 Å². The zero-order valence-corrected chi connectivity index (χ0v) is 28.7. The van der Waals surface area contributed by atoms with E-state index in [1.54, 1.807) is 0 Å². The van der Waals surface area contributed by atoms with Crippen LogP contribution in [0.15, 0.2) is 60.8 Å². The average molecular weight is 657 g/mol. The van der Waals surface area contributed by atoms with Crippen LogP contribution >= 0.6 is 7.82 Å². The first-order valence-corrected chi connectivity index (χ1v) is 18.3. The Morgan fingerprint density at radius 1 is 0.711 bits per heavy atom. The predicted molar refractivity (Wildman–Crippen MR) is 182 cm³/mol. The van der Waals surface area contributed by atoms with E-state index < -0.39 is 45.8 Å². The second-order valence-electron chi connectivity index (χ2n) is 10.8. The summed E-state index contributed by atoms with van der Waals surface area (Å²) in [7, 11) is -4.52. The molecule has 0 heterocycles. The SMILES string of the molecule is CC/C=C\C/C=C\C/C=C\C/C=C\C/C=C\CCOCC(COP(=O)(O)OCC(O)CO)OC(=O)CCCCCCCCCC. The molecule has 45 heavy (non-hydrogen) atoms. The quantitative estimate of drug-likeness (QED) is 0.0293. The molecule has 3 unspecified atom stereocenters. The van der Waals surface area contributed by atoms with Crippen molar-refractivity contribution in [3.63, 3.8) is 0 Å². The van der Waals surface area contributed by atoms with Crippen molar-refractivity contribution in [1.82, 2.24) is 0 Å². The van der Waals surface area contributed by atoms with Crippen molar-refractivity contribution in [2.45, 2.75) is 122 Å². The van der Waals surface area contributed by atoms with Crippen molar-refractivity contribution in [3.05, 3.63) is 60.8 Å². The van der Waals surface area contributed by atoms with Crippen LogP contribution in [0.1, 0.15) is 110 Å². The van der Waals surface area contributed by atoms with Gasteiger partial charge in [0.15, 0.2) is 0 Å². The van der Waals surface area contributed by atoms with Crippen molar-refractivity contribution in [3.8, 4) is 0 Å². The van der Waals surface area contributed by atoms with Crippen LogP contribution in [-0.4, -0.2) is 66.3 Å². The maximum Gasteiger partial charge on any atom is 0.472 e. The molecular weight excluding hydrogens is 595 g/mol. The summed E-state index contributed by atoms with van der Waals surface area (Å²) in [6, 6.07) is 0. The molecule has 0 bridgehead atoms. The van der Waals surface area contributed by atoms with Crippen molar-refractivity contribution in [1.29, 1.82) is 0 Å². The highest BCUT2D eigenvalue weighted by molar-refractivity contribution is 7.47. The molecule has 0 radical (unpaired) electrons. The summed E-state index contributed by atoms with van der Waals surface area (Å²) in [5, 5.41) is 18.2. The molecule has 0 fully saturated rings. The highest BCUT2D eigenvalue weighted by Crippen LogP contribution is 2.43. The lowest BCUT2D eigenvalue weighted by molar-refractivity contribution is -0.154. The van der Waals surface area contributed by atoms with E-state index in [1.807, 2.05) is 6.08 Å². The lowest BCUT2D eigenvalue weighted by Gasteiger charge is -2.20. The third kappa shape index (κ3) is 31.9. The standard InChI is InChI=1S/C35H61O9P/c1-3-5-7-9-11-13-14-15-16-17-18-19-20-22-24-26-28-41-31-34(32-43-45(39,40)42-30-33(37)29-36)44-35(38)27-25-23-21-12-10-8-6-4-2/h5,7,11,13,15-16,18-19,22,24,33-34,36-37H,3-4,6,8-10,12,14,17,20-21,23,25-32H2,1-2H3,(H,39,40)/b7-5-,13-11-,16-15-,19-18-,24-22-. The van der Waals surface area contributed by atoms with Crippen LogP contribution in [0.4, 0.5) is 0 Å². The Labute approximate surface area is 272 Å². The number of allylic oxidation sites excluding steroid dienone is 9. The fourth-order valence-electron chi connectivity index (χ4n) is 3.95. The molecule has 0 aromatic carbocycles. The van der Waals surface area contributed by atoms with Crippen molar-refractivity contribution in [2.24, 2.45) is 0 Å². The molecular formula is C35H61O9P. The lowest BCUT2D eigenvalue weighted by atomic mass is 10.1. The Bertz CT molecular complexity index is 882. The fourth-order valence-corrected chi connectivity index (χ4v) is 4.74. The van der Waals surface area contributed by atoms with Crippen LogP contribution in [0.5, 0.6) is 0 Å². The van der Waals surface area contributed by atoms with Crippen LogP contribution in [0.25, 0.3) is 0 Å². The Kier molecular flexibility index (Phi) is 30.8. The molecule has 3 N–H and O–H groups in total. The number of aliphatic hydroxyl groups excluding tert-OH is 2. The molecule has 0 amide bonds. The summed E-state index contributed by atoms with van der Waals surface area (Å²) < 4.78 is 32.9. The van der Waals surface area contributed by atoms with Gasteiger partial charge in [-0.25, -0.2) is 4.57 Å². The molecule has 0 aliphatic heterocycles. The first-order valence-electron chi connectivity index (χ1n) is 16.8. The van der Waals surface area contributed by atoms with Gasteiger partial charge in [-0.1, -0.05) is 120 Å². The summed E-state index contributed by atoms with van der Waals surface area (Å²) in [6.45, 7) is 3.10. The van der Waals surface area contributed by atoms with Crippen molar-refractivity contribution < 1.29 is 43.0 Å². The number of aliphatic hydroxyl groups is 2. The van der Waals surface area contributed by atoms with Gasteiger partial charge in [-0.05, 0) is 44.9 Å². The monoisotopic (exact) mass is 656 g/mol. The van der Waals surface area contributed by atoms with E-state index in [9.17, 15) is 19.4 Å². The first-order chi connectivity index (χ1) is 21.8. The third-order valence-corrected chi connectivity index (χ3v) is 7.44. The second-order valence-corrected chi connectivity index (χ2v) is 12.3. The first kappa shape index (κ1) is 43.2. The Hall–Kier alpha value is -1.84. The van der Waals surface area contributed by atoms with Gasteiger partial charge in [0.05, 0.1) is 33.0 Å². The number of hydrogen-bond donors (Lipinski definition) is 3. The number of phosphoric acid groups is 1. The van der Waals surface area contributed by atoms with E-state index in [2.05, 4.69) is 73.1 Å². The van der Waals surface area contributed by atoms with Gasteiger partial charge >= 0.3 is 13.8 Å². The summed E-state index contributed by atoms with van der Waals surface area (Å²) >= 11 is 0. The Morgan fingerprint density at radius 3 is 1.78 bits per heavy atom. The van der Waals surface area contributed by atoms with Gasteiger partial charge in [-0.3, -0.25) is 13.8 Å². The Morgan fingerprint density at radius 2 is 1.22 bits per heavy atom. The second kappa shape index (κ2) is 32.1. The summed E-state index contributed by atoms with van der Waals surface area (Å²) in [5.41, 5.74) is 0. The van der Waals surface area contributed by atoms with Gasteiger partial charge in [0, 0.05) is 6.42 Å². The molecule has 0 saturated carbocycles. The minimum Gasteiger partial charge on any atom is -0.457 e. The maximum absolute atomic E-state index is 12.4. The van der Waals surface area contributed by atoms with Crippen LogP contribution in [-0.2, 0) is 27.9 Å². The van der Waals surface area contributed by atoms with Gasteiger partial charge in [0.2, 0.25) is 0 Å². The van der Waals surface area contributed by atoms with E-state index >= 15 is 0 Å². The van der Waals surface area contributed by atoms with Gasteiger partial charge < -0.3 is 24.6 Å². The van der Waals surface area contributed by atoms with Crippen molar-refractivity contribution in [2.75, 3.05) is 33.0 Å². The topological polar surface area (TPSA) is 132 Å². The smallest absolute Gasteiger partial charge is 0.457 e. The third-order valence-electron chi connectivity index (χ3n) is 6.49. The number of ether oxygens (including phenoxy) is 2. The lowest BCUT2D eigenvalue weighted by Crippen LogP contribution is -2.29. The summed E-state index contributed by atoms with van der Waals surface area (Å²) in [4.78, 5) is 22.3. The molecule has 0 aromatic heterocycles. The normalized spacial score (nSPS) is 15.2. The predicted octanol–water partition coefficient (Wildman–Crippen LogP) is 8.07. The van der Waals surface area contributed by atoms with Gasteiger partial charge in [-0.2, -0.15) is 0 Å². The number of phosphoric ester groups is 1. The molecule has 0 aromatic rings. The number of carbonyl (C=O) groups excluding carboxylic acids is 1. The number of carbonyl (C=O) groups is 1. The Balaban J connectivity index is 4.41. The molecule has 0 aliphatic carbocycles. The zero-order chi connectivity index (χ0) is 33.3. The molecule has 3 atom stereocenters. The number of hydrogen-bond acceptors (Lipinski definition) is 8. The molecule has 0 rings (SSSR count). The number of unbranched alkanes of at least 4 members (excludes halogenated alkanes) is 7. The molecule has 260 valence electrons. The number of rotatable bonds is 31. The highest BCUT2D eigenvalue weighted by Gasteiger charge is 2.26. The van der Waals surface area contributed by atoms with E-state index in [0.717, 1.165) is 51.4 Å². The van der Waals surface area contributed by atoms with E-state index in [4.69, 9.17) is 19.1 Å². The van der Waals surface area contributed by atoms with Crippen LogP contribution in [0.3, 0.4) is 0 Å².